The molecule has 2 aromatic rings. The summed E-state index contributed by atoms with van der Waals surface area (Å²) in [6, 6.07) is 5.87. The molecule has 0 unspecified atom stereocenters. The number of hydrogen-bond donors (Lipinski definition) is 1. The molecule has 3 nitrogen and oxygen atoms in total. The molecule has 2 rings (SSSR count). The molecule has 0 saturated heterocycles. The molecule has 0 amide bonds. The van der Waals surface area contributed by atoms with Gasteiger partial charge in [0.15, 0.2) is 5.15 Å². The van der Waals surface area contributed by atoms with Gasteiger partial charge in [-0.05, 0) is 18.7 Å². The number of halogens is 1. The molecule has 74 valence electrons. The highest BCUT2D eigenvalue weighted by molar-refractivity contribution is 6.30. The van der Waals surface area contributed by atoms with Crippen LogP contribution >= 0.6 is 11.6 Å². The monoisotopic (exact) mass is 209 g/mol. The molecule has 0 atom stereocenters. The van der Waals surface area contributed by atoms with Gasteiger partial charge in [0.2, 0.25) is 0 Å². The molecule has 0 aliphatic carbocycles. The van der Waals surface area contributed by atoms with Crippen LogP contribution in [-0.4, -0.2) is 15.9 Å². The van der Waals surface area contributed by atoms with Crippen LogP contribution in [0.25, 0.3) is 5.65 Å². The van der Waals surface area contributed by atoms with Crippen LogP contribution in [0.4, 0.5) is 0 Å². The molecule has 0 saturated carbocycles. The maximum absolute atomic E-state index is 6.03. The fraction of sp³-hybridized carbons (Fsp3) is 0.300. The lowest BCUT2D eigenvalue weighted by molar-refractivity contribution is 0.706. The van der Waals surface area contributed by atoms with Gasteiger partial charge in [0.05, 0.1) is 5.69 Å². The normalized spacial score (nSPS) is 11.0. The first-order valence-corrected chi connectivity index (χ1v) is 5.03. The zero-order chi connectivity index (χ0) is 9.97. The minimum atomic E-state index is 0.581. The molecule has 0 fully saturated rings. The first kappa shape index (κ1) is 9.49. The number of rotatable bonds is 3. The van der Waals surface area contributed by atoms with E-state index in [2.05, 4.69) is 17.2 Å². The first-order chi connectivity index (χ1) is 6.83. The van der Waals surface area contributed by atoms with Gasteiger partial charge in [-0.3, -0.25) is 0 Å². The number of pyridine rings is 1. The second-order valence-corrected chi connectivity index (χ2v) is 3.42. The summed E-state index contributed by atoms with van der Waals surface area (Å²) in [4.78, 5) is 4.25. The highest BCUT2D eigenvalue weighted by Crippen LogP contribution is 2.16. The van der Waals surface area contributed by atoms with Crippen molar-refractivity contribution in [2.45, 2.75) is 13.5 Å². The number of aromatic nitrogens is 2. The SMILES string of the molecule is CCNCc1c(Cl)nc2ccccn12. The Balaban J connectivity index is 2.45. The van der Waals surface area contributed by atoms with E-state index in [1.165, 1.54) is 0 Å². The topological polar surface area (TPSA) is 29.3 Å². The molecule has 2 heterocycles. The summed E-state index contributed by atoms with van der Waals surface area (Å²) in [7, 11) is 0. The van der Waals surface area contributed by atoms with E-state index >= 15 is 0 Å². The molecule has 0 bridgehead atoms. The summed E-state index contributed by atoms with van der Waals surface area (Å²) in [6.45, 7) is 3.74. The number of hydrogen-bond acceptors (Lipinski definition) is 2. The molecule has 0 aromatic carbocycles. The molecule has 2 aromatic heterocycles. The Morgan fingerprint density at radius 3 is 3.14 bits per heavy atom. The fourth-order valence-corrected chi connectivity index (χ4v) is 1.66. The van der Waals surface area contributed by atoms with E-state index < -0.39 is 0 Å². The van der Waals surface area contributed by atoms with Gasteiger partial charge in [0.1, 0.15) is 5.65 Å². The minimum absolute atomic E-state index is 0.581. The zero-order valence-corrected chi connectivity index (χ0v) is 8.75. The van der Waals surface area contributed by atoms with Gasteiger partial charge in [-0.1, -0.05) is 24.6 Å². The highest BCUT2D eigenvalue weighted by Gasteiger charge is 2.07. The summed E-state index contributed by atoms with van der Waals surface area (Å²) in [6.07, 6.45) is 1.97. The van der Waals surface area contributed by atoms with Gasteiger partial charge >= 0.3 is 0 Å². The average Bonchev–Trinajstić information content (AvgIpc) is 2.51. The Hall–Kier alpha value is -1.06. The maximum Gasteiger partial charge on any atom is 0.152 e. The Morgan fingerprint density at radius 2 is 2.36 bits per heavy atom. The van der Waals surface area contributed by atoms with Gasteiger partial charge in [-0.15, -0.1) is 0 Å². The maximum atomic E-state index is 6.03. The van der Waals surface area contributed by atoms with E-state index in [1.807, 2.05) is 28.8 Å². The van der Waals surface area contributed by atoms with E-state index in [4.69, 9.17) is 11.6 Å². The van der Waals surface area contributed by atoms with E-state index in [-0.39, 0.29) is 0 Å². The smallest absolute Gasteiger partial charge is 0.152 e. The van der Waals surface area contributed by atoms with Crippen LogP contribution in [0.1, 0.15) is 12.6 Å². The van der Waals surface area contributed by atoms with Crippen molar-refractivity contribution in [1.82, 2.24) is 14.7 Å². The standard InChI is InChI=1S/C10H12ClN3/c1-2-12-7-8-10(11)13-9-5-3-4-6-14(8)9/h3-6,12H,2,7H2,1H3. The van der Waals surface area contributed by atoms with Crippen LogP contribution < -0.4 is 5.32 Å². The molecular weight excluding hydrogens is 198 g/mol. The van der Waals surface area contributed by atoms with Crippen molar-refractivity contribution >= 4 is 17.2 Å². The Bertz CT molecular complexity index is 436. The molecule has 14 heavy (non-hydrogen) atoms. The van der Waals surface area contributed by atoms with Crippen molar-refractivity contribution in [3.8, 4) is 0 Å². The Labute approximate surface area is 87.7 Å². The van der Waals surface area contributed by atoms with Crippen LogP contribution in [0, 0.1) is 0 Å². The Morgan fingerprint density at radius 1 is 1.50 bits per heavy atom. The van der Waals surface area contributed by atoms with Crippen LogP contribution in [0.15, 0.2) is 24.4 Å². The van der Waals surface area contributed by atoms with Gasteiger partial charge in [-0.2, -0.15) is 0 Å². The summed E-state index contributed by atoms with van der Waals surface area (Å²) in [5.74, 6) is 0. The average molecular weight is 210 g/mol. The molecular formula is C10H12ClN3. The van der Waals surface area contributed by atoms with Crippen molar-refractivity contribution in [1.29, 1.82) is 0 Å². The molecule has 0 aliphatic rings. The lowest BCUT2D eigenvalue weighted by Crippen LogP contribution is -2.13. The van der Waals surface area contributed by atoms with Crippen LogP contribution in [0.2, 0.25) is 5.15 Å². The molecule has 0 aliphatic heterocycles. The third-order valence-corrected chi connectivity index (χ3v) is 2.43. The number of nitrogens with zero attached hydrogens (tertiary/aromatic N) is 2. The molecule has 0 radical (unpaired) electrons. The number of nitrogens with one attached hydrogen (secondary N) is 1. The molecule has 4 heteroatoms. The summed E-state index contributed by atoms with van der Waals surface area (Å²) < 4.78 is 2.00. The van der Waals surface area contributed by atoms with Crippen LogP contribution in [-0.2, 0) is 6.54 Å². The predicted molar refractivity (Wildman–Crippen MR) is 57.6 cm³/mol. The van der Waals surface area contributed by atoms with Crippen molar-refractivity contribution in [2.24, 2.45) is 0 Å². The first-order valence-electron chi connectivity index (χ1n) is 4.65. The van der Waals surface area contributed by atoms with Crippen molar-refractivity contribution in [3.05, 3.63) is 35.2 Å². The third kappa shape index (κ3) is 1.61. The summed E-state index contributed by atoms with van der Waals surface area (Å²) in [5, 5.41) is 3.82. The quantitative estimate of drug-likeness (QED) is 0.839. The van der Waals surface area contributed by atoms with Gasteiger partial charge in [0, 0.05) is 12.7 Å². The predicted octanol–water partition coefficient (Wildman–Crippen LogP) is 2.10. The van der Waals surface area contributed by atoms with Crippen molar-refractivity contribution in [3.63, 3.8) is 0 Å². The lowest BCUT2D eigenvalue weighted by atomic mass is 10.4. The number of imidazole rings is 1. The van der Waals surface area contributed by atoms with Gasteiger partial charge < -0.3 is 9.72 Å². The van der Waals surface area contributed by atoms with E-state index in [9.17, 15) is 0 Å². The summed E-state index contributed by atoms with van der Waals surface area (Å²) in [5.41, 5.74) is 1.91. The second-order valence-electron chi connectivity index (χ2n) is 3.06. The highest BCUT2D eigenvalue weighted by atomic mass is 35.5. The Kier molecular flexibility index (Phi) is 2.70. The van der Waals surface area contributed by atoms with Gasteiger partial charge in [0.25, 0.3) is 0 Å². The molecule has 1 N–H and O–H groups in total. The lowest BCUT2D eigenvalue weighted by Gasteiger charge is -2.01. The third-order valence-electron chi connectivity index (χ3n) is 2.12. The largest absolute Gasteiger partial charge is 0.311 e. The van der Waals surface area contributed by atoms with Crippen molar-refractivity contribution in [2.75, 3.05) is 6.54 Å². The summed E-state index contributed by atoms with van der Waals surface area (Å²) >= 11 is 6.03. The van der Waals surface area contributed by atoms with E-state index in [1.54, 1.807) is 0 Å². The number of fused-ring (bicyclic) bond motifs is 1. The van der Waals surface area contributed by atoms with E-state index in [0.717, 1.165) is 24.4 Å². The van der Waals surface area contributed by atoms with E-state index in [0.29, 0.717) is 5.15 Å². The fourth-order valence-electron chi connectivity index (χ4n) is 1.42. The van der Waals surface area contributed by atoms with Crippen molar-refractivity contribution < 1.29 is 0 Å². The zero-order valence-electron chi connectivity index (χ0n) is 8.00. The second kappa shape index (κ2) is 3.98. The van der Waals surface area contributed by atoms with Crippen LogP contribution in [0.5, 0.6) is 0 Å². The minimum Gasteiger partial charge on any atom is -0.311 e. The van der Waals surface area contributed by atoms with Gasteiger partial charge in [-0.25, -0.2) is 4.98 Å². The van der Waals surface area contributed by atoms with Crippen LogP contribution in [0.3, 0.4) is 0 Å². The molecule has 0 spiro atoms.